The number of aliphatic imine (C=N–C) groups is 1. The van der Waals surface area contributed by atoms with Gasteiger partial charge in [0.15, 0.2) is 5.96 Å². The third kappa shape index (κ3) is 4.13. The number of rotatable bonds is 3. The van der Waals surface area contributed by atoms with E-state index in [1.807, 2.05) is 38.0 Å². The van der Waals surface area contributed by atoms with Gasteiger partial charge in [-0.1, -0.05) is 12.1 Å². The number of ether oxygens (including phenoxy) is 1. The van der Waals surface area contributed by atoms with Gasteiger partial charge in [0.05, 0.1) is 19.8 Å². The maximum atomic E-state index is 5.47. The van der Waals surface area contributed by atoms with Crippen molar-refractivity contribution >= 4 is 11.6 Å². The molecule has 122 valence electrons. The summed E-state index contributed by atoms with van der Waals surface area (Å²) >= 11 is 0. The first-order chi connectivity index (χ1) is 10.5. The number of morpholine rings is 1. The SMILES string of the molecule is Cc1ccc(CN=C(N(C)C)N(C)C)c(N2CCOCC2)c1. The molecule has 0 aromatic heterocycles. The number of anilines is 1. The van der Waals surface area contributed by atoms with Crippen molar-refractivity contribution in [2.45, 2.75) is 13.5 Å². The Kier molecular flexibility index (Phi) is 5.66. The van der Waals surface area contributed by atoms with Crippen molar-refractivity contribution in [1.29, 1.82) is 0 Å². The summed E-state index contributed by atoms with van der Waals surface area (Å²) in [7, 11) is 8.10. The normalized spacial score (nSPS) is 14.7. The molecule has 0 bridgehead atoms. The van der Waals surface area contributed by atoms with Gasteiger partial charge in [-0.25, -0.2) is 4.99 Å². The minimum Gasteiger partial charge on any atom is -0.378 e. The third-order valence-electron chi connectivity index (χ3n) is 3.78. The van der Waals surface area contributed by atoms with E-state index in [0.717, 1.165) is 32.3 Å². The molecule has 0 spiro atoms. The van der Waals surface area contributed by atoms with E-state index in [0.29, 0.717) is 6.54 Å². The molecule has 0 atom stereocenters. The standard InChI is InChI=1S/C17H28N4O/c1-14-6-7-15(13-18-17(19(2)3)20(4)5)16(12-14)21-8-10-22-11-9-21/h6-7,12H,8-11,13H2,1-5H3. The highest BCUT2D eigenvalue weighted by Crippen LogP contribution is 2.24. The highest BCUT2D eigenvalue weighted by molar-refractivity contribution is 5.79. The second kappa shape index (κ2) is 7.49. The Labute approximate surface area is 134 Å². The highest BCUT2D eigenvalue weighted by Gasteiger charge is 2.15. The molecule has 22 heavy (non-hydrogen) atoms. The Hall–Kier alpha value is -1.75. The van der Waals surface area contributed by atoms with Gasteiger partial charge in [0.25, 0.3) is 0 Å². The largest absolute Gasteiger partial charge is 0.378 e. The fourth-order valence-electron chi connectivity index (χ4n) is 2.74. The molecule has 1 saturated heterocycles. The quantitative estimate of drug-likeness (QED) is 0.629. The minimum atomic E-state index is 0.693. The van der Waals surface area contributed by atoms with Crippen molar-refractivity contribution in [2.75, 3.05) is 59.4 Å². The zero-order chi connectivity index (χ0) is 16.1. The summed E-state index contributed by atoms with van der Waals surface area (Å²) in [6.07, 6.45) is 0. The van der Waals surface area contributed by atoms with Gasteiger partial charge >= 0.3 is 0 Å². The molecule has 1 aliphatic heterocycles. The molecule has 0 saturated carbocycles. The summed E-state index contributed by atoms with van der Waals surface area (Å²) in [5.74, 6) is 0.980. The van der Waals surface area contributed by atoms with Gasteiger partial charge in [-0.15, -0.1) is 0 Å². The van der Waals surface area contributed by atoms with E-state index < -0.39 is 0 Å². The van der Waals surface area contributed by atoms with Crippen molar-refractivity contribution in [3.05, 3.63) is 29.3 Å². The van der Waals surface area contributed by atoms with Crippen LogP contribution in [0.1, 0.15) is 11.1 Å². The van der Waals surface area contributed by atoms with Crippen LogP contribution in [0.25, 0.3) is 0 Å². The molecule has 0 aliphatic carbocycles. The van der Waals surface area contributed by atoms with Crippen molar-refractivity contribution in [3.63, 3.8) is 0 Å². The van der Waals surface area contributed by atoms with E-state index in [9.17, 15) is 0 Å². The number of benzene rings is 1. The first-order valence-corrected chi connectivity index (χ1v) is 7.80. The van der Waals surface area contributed by atoms with Crippen molar-refractivity contribution < 1.29 is 4.74 Å². The van der Waals surface area contributed by atoms with E-state index in [2.05, 4.69) is 30.0 Å². The minimum absolute atomic E-state index is 0.693. The molecule has 1 aromatic rings. The summed E-state index contributed by atoms with van der Waals surface area (Å²) in [4.78, 5) is 11.3. The predicted molar refractivity (Wildman–Crippen MR) is 92.7 cm³/mol. The lowest BCUT2D eigenvalue weighted by atomic mass is 10.1. The molecule has 0 radical (unpaired) electrons. The van der Waals surface area contributed by atoms with Crippen LogP contribution in [0.4, 0.5) is 5.69 Å². The zero-order valence-electron chi connectivity index (χ0n) is 14.5. The molecule has 5 heteroatoms. The first-order valence-electron chi connectivity index (χ1n) is 7.80. The lowest BCUT2D eigenvalue weighted by Crippen LogP contribution is -2.37. The number of hydrogen-bond acceptors (Lipinski definition) is 3. The van der Waals surface area contributed by atoms with Gasteiger partial charge < -0.3 is 19.4 Å². The van der Waals surface area contributed by atoms with Crippen LogP contribution in [-0.4, -0.2) is 70.3 Å². The summed E-state index contributed by atoms with van der Waals surface area (Å²) in [5, 5.41) is 0. The number of nitrogens with zero attached hydrogens (tertiary/aromatic N) is 4. The topological polar surface area (TPSA) is 31.3 Å². The van der Waals surface area contributed by atoms with Gasteiger partial charge in [0.1, 0.15) is 0 Å². The van der Waals surface area contributed by atoms with Gasteiger partial charge in [-0.2, -0.15) is 0 Å². The zero-order valence-corrected chi connectivity index (χ0v) is 14.5. The molecular formula is C17H28N4O. The molecule has 1 fully saturated rings. The molecule has 1 aliphatic rings. The Morgan fingerprint density at radius 1 is 1.14 bits per heavy atom. The Bertz CT molecular complexity index is 509. The molecular weight excluding hydrogens is 276 g/mol. The summed E-state index contributed by atoms with van der Waals surface area (Å²) < 4.78 is 5.47. The van der Waals surface area contributed by atoms with Crippen LogP contribution in [0.5, 0.6) is 0 Å². The van der Waals surface area contributed by atoms with Crippen molar-refractivity contribution in [1.82, 2.24) is 9.80 Å². The summed E-state index contributed by atoms with van der Waals surface area (Å²) in [6, 6.07) is 6.63. The van der Waals surface area contributed by atoms with Crippen LogP contribution >= 0.6 is 0 Å². The van der Waals surface area contributed by atoms with E-state index >= 15 is 0 Å². The fraction of sp³-hybridized carbons (Fsp3) is 0.588. The van der Waals surface area contributed by atoms with E-state index in [1.54, 1.807) is 0 Å². The highest BCUT2D eigenvalue weighted by atomic mass is 16.5. The Morgan fingerprint density at radius 3 is 2.36 bits per heavy atom. The molecule has 2 rings (SSSR count). The van der Waals surface area contributed by atoms with Crippen LogP contribution in [0.2, 0.25) is 0 Å². The van der Waals surface area contributed by atoms with E-state index in [4.69, 9.17) is 9.73 Å². The van der Waals surface area contributed by atoms with Crippen molar-refractivity contribution in [2.24, 2.45) is 4.99 Å². The number of hydrogen-bond donors (Lipinski definition) is 0. The summed E-state index contributed by atoms with van der Waals surface area (Å²) in [6.45, 7) is 6.35. The van der Waals surface area contributed by atoms with Crippen LogP contribution in [0.3, 0.4) is 0 Å². The van der Waals surface area contributed by atoms with Gasteiger partial charge in [0.2, 0.25) is 0 Å². The second-order valence-electron chi connectivity index (χ2n) is 6.14. The first kappa shape index (κ1) is 16.6. The second-order valence-corrected chi connectivity index (χ2v) is 6.14. The number of guanidine groups is 1. The average molecular weight is 304 g/mol. The maximum absolute atomic E-state index is 5.47. The van der Waals surface area contributed by atoms with Gasteiger partial charge in [-0.3, -0.25) is 0 Å². The predicted octanol–water partition coefficient (Wildman–Crippen LogP) is 1.81. The van der Waals surface area contributed by atoms with Crippen molar-refractivity contribution in [3.8, 4) is 0 Å². The van der Waals surface area contributed by atoms with Crippen LogP contribution < -0.4 is 4.90 Å². The summed E-state index contributed by atoms with van der Waals surface area (Å²) in [5.41, 5.74) is 3.85. The van der Waals surface area contributed by atoms with E-state index in [1.165, 1.54) is 16.8 Å². The molecule has 1 aromatic carbocycles. The maximum Gasteiger partial charge on any atom is 0.195 e. The lowest BCUT2D eigenvalue weighted by molar-refractivity contribution is 0.122. The van der Waals surface area contributed by atoms with Crippen LogP contribution in [0.15, 0.2) is 23.2 Å². The molecule has 1 heterocycles. The monoisotopic (exact) mass is 304 g/mol. The lowest BCUT2D eigenvalue weighted by Gasteiger charge is -2.31. The van der Waals surface area contributed by atoms with E-state index in [-0.39, 0.29) is 0 Å². The van der Waals surface area contributed by atoms with Gasteiger partial charge in [-0.05, 0) is 24.1 Å². The van der Waals surface area contributed by atoms with Crippen LogP contribution in [-0.2, 0) is 11.3 Å². The third-order valence-corrected chi connectivity index (χ3v) is 3.78. The molecule has 0 amide bonds. The fourth-order valence-corrected chi connectivity index (χ4v) is 2.74. The average Bonchev–Trinajstić information content (AvgIpc) is 2.49. The molecule has 0 N–H and O–H groups in total. The Balaban J connectivity index is 2.24. The molecule has 0 unspecified atom stereocenters. The number of aryl methyl sites for hydroxylation is 1. The molecule has 5 nitrogen and oxygen atoms in total. The van der Waals surface area contributed by atoms with Crippen LogP contribution in [0, 0.1) is 6.92 Å². The van der Waals surface area contributed by atoms with Gasteiger partial charge in [0, 0.05) is 47.0 Å². The Morgan fingerprint density at radius 2 is 1.77 bits per heavy atom. The smallest absolute Gasteiger partial charge is 0.195 e.